The van der Waals surface area contributed by atoms with Crippen molar-refractivity contribution in [3.05, 3.63) is 11.6 Å². The molecule has 1 N–H and O–H groups in total. The smallest absolute Gasteiger partial charge is 0.0596 e. The Morgan fingerprint density at radius 3 is 2.57 bits per heavy atom. The summed E-state index contributed by atoms with van der Waals surface area (Å²) >= 11 is 0. The maximum absolute atomic E-state index is 10.5. The molecule has 118 valence electrons. The minimum atomic E-state index is -0.0255. The van der Waals surface area contributed by atoms with Crippen LogP contribution < -0.4 is 0 Å². The number of hydrogen-bond donors (Lipinski definition) is 1. The van der Waals surface area contributed by atoms with Crippen molar-refractivity contribution in [2.75, 3.05) is 0 Å². The Labute approximate surface area is 130 Å². The minimum absolute atomic E-state index is 0.0255. The SMILES string of the molecule is CC1=CCC2(C)C(CCC3C4CCC(O)C4(C)CCC32)C1. The fraction of sp³-hybridized carbons (Fsp3) is 0.900. The summed E-state index contributed by atoms with van der Waals surface area (Å²) in [6.07, 6.45) is 13.0. The lowest BCUT2D eigenvalue weighted by Crippen LogP contribution is -2.53. The Kier molecular flexibility index (Phi) is 3.13. The van der Waals surface area contributed by atoms with Gasteiger partial charge in [-0.15, -0.1) is 0 Å². The first-order valence-corrected chi connectivity index (χ1v) is 9.29. The highest BCUT2D eigenvalue weighted by Gasteiger charge is 2.59. The molecular weight excluding hydrogens is 256 g/mol. The van der Waals surface area contributed by atoms with E-state index in [0.29, 0.717) is 5.41 Å². The van der Waals surface area contributed by atoms with E-state index in [2.05, 4.69) is 26.8 Å². The third-order valence-corrected chi connectivity index (χ3v) is 8.47. The molecule has 4 rings (SSSR count). The van der Waals surface area contributed by atoms with Gasteiger partial charge >= 0.3 is 0 Å². The summed E-state index contributed by atoms with van der Waals surface area (Å²) < 4.78 is 0. The zero-order chi connectivity index (χ0) is 14.8. The van der Waals surface area contributed by atoms with Gasteiger partial charge in [0.05, 0.1) is 6.10 Å². The largest absolute Gasteiger partial charge is 0.393 e. The predicted molar refractivity (Wildman–Crippen MR) is 86.9 cm³/mol. The molecule has 7 unspecified atom stereocenters. The van der Waals surface area contributed by atoms with E-state index < -0.39 is 0 Å². The van der Waals surface area contributed by atoms with Gasteiger partial charge in [0.25, 0.3) is 0 Å². The predicted octanol–water partition coefficient (Wildman–Crippen LogP) is 4.95. The summed E-state index contributed by atoms with van der Waals surface area (Å²) in [6, 6.07) is 0. The molecule has 3 fully saturated rings. The molecule has 4 aliphatic carbocycles. The van der Waals surface area contributed by atoms with E-state index in [0.717, 1.165) is 30.1 Å². The second kappa shape index (κ2) is 4.60. The van der Waals surface area contributed by atoms with Gasteiger partial charge in [0.15, 0.2) is 0 Å². The molecule has 4 aliphatic rings. The van der Waals surface area contributed by atoms with Gasteiger partial charge in [0.2, 0.25) is 0 Å². The lowest BCUT2D eigenvalue weighted by Gasteiger charge is -2.59. The quantitative estimate of drug-likeness (QED) is 0.626. The summed E-state index contributed by atoms with van der Waals surface area (Å²) in [5.74, 6) is 3.55. The first kappa shape index (κ1) is 14.3. The van der Waals surface area contributed by atoms with E-state index >= 15 is 0 Å². The highest BCUT2D eigenvalue weighted by Crippen LogP contribution is 2.65. The number of fused-ring (bicyclic) bond motifs is 5. The van der Waals surface area contributed by atoms with Crippen LogP contribution in [0.15, 0.2) is 11.6 Å². The third-order valence-electron chi connectivity index (χ3n) is 8.47. The fourth-order valence-corrected chi connectivity index (χ4v) is 7.03. The van der Waals surface area contributed by atoms with Gasteiger partial charge in [-0.25, -0.2) is 0 Å². The number of aliphatic hydroxyl groups is 1. The zero-order valence-corrected chi connectivity index (χ0v) is 14.1. The van der Waals surface area contributed by atoms with Gasteiger partial charge in [-0.1, -0.05) is 25.5 Å². The fourth-order valence-electron chi connectivity index (χ4n) is 7.03. The van der Waals surface area contributed by atoms with Gasteiger partial charge in [-0.3, -0.25) is 0 Å². The molecule has 0 saturated heterocycles. The third kappa shape index (κ3) is 1.85. The Hall–Kier alpha value is -0.300. The van der Waals surface area contributed by atoms with Crippen LogP contribution in [-0.2, 0) is 0 Å². The summed E-state index contributed by atoms with van der Waals surface area (Å²) in [4.78, 5) is 0. The summed E-state index contributed by atoms with van der Waals surface area (Å²) in [7, 11) is 0. The minimum Gasteiger partial charge on any atom is -0.393 e. The molecule has 1 nitrogen and oxygen atoms in total. The van der Waals surface area contributed by atoms with Gasteiger partial charge in [-0.05, 0) is 92.8 Å². The molecule has 0 aromatic rings. The molecule has 0 aliphatic heterocycles. The number of allylic oxidation sites excluding steroid dienone is 2. The van der Waals surface area contributed by atoms with Crippen LogP contribution in [0.25, 0.3) is 0 Å². The van der Waals surface area contributed by atoms with E-state index in [9.17, 15) is 5.11 Å². The van der Waals surface area contributed by atoms with Crippen molar-refractivity contribution in [2.45, 2.75) is 78.2 Å². The summed E-state index contributed by atoms with van der Waals surface area (Å²) in [5.41, 5.74) is 2.43. The van der Waals surface area contributed by atoms with E-state index in [1.807, 2.05) is 0 Å². The maximum Gasteiger partial charge on any atom is 0.0596 e. The van der Waals surface area contributed by atoms with E-state index in [4.69, 9.17) is 0 Å². The molecule has 0 heterocycles. The topological polar surface area (TPSA) is 20.2 Å². The van der Waals surface area contributed by atoms with Gasteiger partial charge in [0, 0.05) is 0 Å². The Morgan fingerprint density at radius 1 is 1.00 bits per heavy atom. The van der Waals surface area contributed by atoms with Crippen molar-refractivity contribution in [2.24, 2.45) is 34.5 Å². The van der Waals surface area contributed by atoms with Gasteiger partial charge < -0.3 is 5.11 Å². The van der Waals surface area contributed by atoms with Crippen LogP contribution in [0.2, 0.25) is 0 Å². The first-order chi connectivity index (χ1) is 9.95. The number of rotatable bonds is 0. The maximum atomic E-state index is 10.5. The van der Waals surface area contributed by atoms with Crippen LogP contribution in [0.4, 0.5) is 0 Å². The van der Waals surface area contributed by atoms with Crippen molar-refractivity contribution in [3.8, 4) is 0 Å². The summed E-state index contributed by atoms with van der Waals surface area (Å²) in [6.45, 7) is 7.33. The molecule has 3 saturated carbocycles. The van der Waals surface area contributed by atoms with Crippen molar-refractivity contribution >= 4 is 0 Å². The lowest BCUT2D eigenvalue weighted by atomic mass is 9.45. The molecule has 0 spiro atoms. The van der Waals surface area contributed by atoms with Crippen LogP contribution in [0.3, 0.4) is 0 Å². The van der Waals surface area contributed by atoms with E-state index in [1.54, 1.807) is 5.57 Å². The Balaban J connectivity index is 1.65. The van der Waals surface area contributed by atoms with Crippen LogP contribution in [-0.4, -0.2) is 11.2 Å². The molecular formula is C20H32O. The highest BCUT2D eigenvalue weighted by molar-refractivity contribution is 5.15. The lowest BCUT2D eigenvalue weighted by molar-refractivity contribution is -0.109. The number of aliphatic hydroxyl groups excluding tert-OH is 1. The highest BCUT2D eigenvalue weighted by atomic mass is 16.3. The second-order valence-electron chi connectivity index (χ2n) is 9.25. The molecule has 0 aromatic heterocycles. The molecule has 21 heavy (non-hydrogen) atoms. The summed E-state index contributed by atoms with van der Waals surface area (Å²) in [5, 5.41) is 10.5. The monoisotopic (exact) mass is 288 g/mol. The molecule has 1 heteroatoms. The standard InChI is InChI=1S/C20H32O/c1-13-8-10-19(2)14(12-13)4-5-15-16-6-7-18(21)20(16,3)11-9-17(15)19/h8,14-18,21H,4-7,9-12H2,1-3H3. The van der Waals surface area contributed by atoms with Crippen LogP contribution in [0, 0.1) is 34.5 Å². The average molecular weight is 288 g/mol. The molecule has 0 aromatic carbocycles. The average Bonchev–Trinajstić information content (AvgIpc) is 2.76. The molecule has 0 bridgehead atoms. The van der Waals surface area contributed by atoms with E-state index in [1.165, 1.54) is 44.9 Å². The molecule has 0 amide bonds. The van der Waals surface area contributed by atoms with Crippen LogP contribution in [0.5, 0.6) is 0 Å². The van der Waals surface area contributed by atoms with Gasteiger partial charge in [0.1, 0.15) is 0 Å². The van der Waals surface area contributed by atoms with E-state index in [-0.39, 0.29) is 11.5 Å². The Bertz CT molecular complexity index is 466. The van der Waals surface area contributed by atoms with Crippen molar-refractivity contribution in [3.63, 3.8) is 0 Å². The van der Waals surface area contributed by atoms with Crippen LogP contribution in [0.1, 0.15) is 72.1 Å². The first-order valence-electron chi connectivity index (χ1n) is 9.29. The van der Waals surface area contributed by atoms with Crippen LogP contribution >= 0.6 is 0 Å². The van der Waals surface area contributed by atoms with Gasteiger partial charge in [-0.2, -0.15) is 0 Å². The Morgan fingerprint density at radius 2 is 1.76 bits per heavy atom. The normalized spacial score (nSPS) is 56.2. The zero-order valence-electron chi connectivity index (χ0n) is 14.1. The van der Waals surface area contributed by atoms with Crippen molar-refractivity contribution < 1.29 is 5.11 Å². The van der Waals surface area contributed by atoms with Crippen molar-refractivity contribution in [1.82, 2.24) is 0 Å². The van der Waals surface area contributed by atoms with Crippen molar-refractivity contribution in [1.29, 1.82) is 0 Å². The molecule has 0 radical (unpaired) electrons. The second-order valence-corrected chi connectivity index (χ2v) is 9.25. The molecule has 7 atom stereocenters. The number of hydrogen-bond acceptors (Lipinski definition) is 1.